The van der Waals surface area contributed by atoms with Crippen LogP contribution in [-0.2, 0) is 33.3 Å². The molecule has 0 saturated heterocycles. The summed E-state index contributed by atoms with van der Waals surface area (Å²) in [6.45, 7) is 4.82. The third-order valence-corrected chi connectivity index (χ3v) is 13.0. The molecule has 9 nitrogen and oxygen atoms in total. The molecule has 0 rings (SSSR count). The average molecular weight is 1010 g/mol. The van der Waals surface area contributed by atoms with Crippen LogP contribution >= 0.6 is 0 Å². The highest BCUT2D eigenvalue weighted by Gasteiger charge is 2.25. The van der Waals surface area contributed by atoms with Crippen molar-refractivity contribution in [3.8, 4) is 0 Å². The first-order valence-electron chi connectivity index (χ1n) is 30.0. The zero-order chi connectivity index (χ0) is 52.7. The number of quaternary nitrogens is 1. The fourth-order valence-electron chi connectivity index (χ4n) is 8.33. The van der Waals surface area contributed by atoms with Gasteiger partial charge in [0.2, 0.25) is 0 Å². The number of unbranched alkanes of at least 4 members (excludes halogenated alkanes) is 30. The lowest BCUT2D eigenvalue weighted by Gasteiger charge is -2.25. The maximum Gasteiger partial charge on any atom is 0.361 e. The molecule has 9 heteroatoms. The Morgan fingerprint density at radius 3 is 1.15 bits per heavy atom. The molecule has 2 atom stereocenters. The van der Waals surface area contributed by atoms with E-state index in [1.54, 1.807) is 0 Å². The van der Waals surface area contributed by atoms with E-state index in [1.807, 2.05) is 21.1 Å². The van der Waals surface area contributed by atoms with Crippen LogP contribution in [0.2, 0.25) is 0 Å². The topological polar surface area (TPSA) is 108 Å². The Bertz CT molecular complexity index is 1360. The molecule has 0 aromatic rings. The number of aliphatic carboxylic acids is 1. The Labute approximate surface area is 444 Å². The lowest BCUT2D eigenvalue weighted by Crippen LogP contribution is -2.40. The number of ether oxygens (including phenoxy) is 4. The summed E-state index contributed by atoms with van der Waals surface area (Å²) in [4.78, 5) is 37.4. The molecular weight excluding hydrogens is 899 g/mol. The van der Waals surface area contributed by atoms with Crippen molar-refractivity contribution in [2.24, 2.45) is 0 Å². The van der Waals surface area contributed by atoms with Crippen molar-refractivity contribution in [2.75, 3.05) is 47.5 Å². The largest absolute Gasteiger partial charge is 0.477 e. The maximum atomic E-state index is 12.9. The van der Waals surface area contributed by atoms with E-state index in [-0.39, 0.29) is 38.6 Å². The highest BCUT2D eigenvalue weighted by molar-refractivity contribution is 5.71. The molecule has 0 aromatic carbocycles. The number of nitrogens with zero attached hydrogens (tertiary/aromatic N) is 1. The molecule has 0 radical (unpaired) electrons. The molecule has 0 amide bonds. The van der Waals surface area contributed by atoms with Crippen LogP contribution in [0.25, 0.3) is 0 Å². The van der Waals surface area contributed by atoms with Crippen molar-refractivity contribution >= 4 is 17.9 Å². The van der Waals surface area contributed by atoms with E-state index in [9.17, 15) is 19.5 Å². The van der Waals surface area contributed by atoms with E-state index in [0.717, 1.165) is 77.0 Å². The highest BCUT2D eigenvalue weighted by Crippen LogP contribution is 2.16. The van der Waals surface area contributed by atoms with Gasteiger partial charge in [0.25, 0.3) is 6.29 Å². The van der Waals surface area contributed by atoms with Gasteiger partial charge in [0.15, 0.2) is 6.10 Å². The van der Waals surface area contributed by atoms with E-state index < -0.39 is 24.3 Å². The van der Waals surface area contributed by atoms with Crippen LogP contribution in [0.15, 0.2) is 60.8 Å². The van der Waals surface area contributed by atoms with Gasteiger partial charge in [-0.15, -0.1) is 0 Å². The fourth-order valence-corrected chi connectivity index (χ4v) is 8.33. The number of carboxylic acids is 1. The van der Waals surface area contributed by atoms with Crippen LogP contribution in [0.3, 0.4) is 0 Å². The highest BCUT2D eigenvalue weighted by atomic mass is 16.7. The van der Waals surface area contributed by atoms with Gasteiger partial charge in [0, 0.05) is 12.8 Å². The number of carbonyl (C=O) groups is 3. The smallest absolute Gasteiger partial charge is 0.361 e. The van der Waals surface area contributed by atoms with Gasteiger partial charge < -0.3 is 28.5 Å². The number of carbonyl (C=O) groups excluding carboxylic acids is 2. The van der Waals surface area contributed by atoms with Crippen molar-refractivity contribution in [1.29, 1.82) is 0 Å². The van der Waals surface area contributed by atoms with Gasteiger partial charge in [0.05, 0.1) is 34.4 Å². The predicted molar refractivity (Wildman–Crippen MR) is 304 cm³/mol. The maximum absolute atomic E-state index is 12.9. The fraction of sp³-hybridized carbons (Fsp3) is 0.794. The molecule has 0 fully saturated rings. The summed E-state index contributed by atoms with van der Waals surface area (Å²) in [5, 5.41) is 9.69. The Balaban J connectivity index is 4.09. The van der Waals surface area contributed by atoms with Crippen molar-refractivity contribution in [1.82, 2.24) is 0 Å². The summed E-state index contributed by atoms with van der Waals surface area (Å²) in [5.41, 5.74) is 0. The van der Waals surface area contributed by atoms with Crippen molar-refractivity contribution in [3.05, 3.63) is 60.8 Å². The molecule has 0 aliphatic heterocycles. The van der Waals surface area contributed by atoms with Crippen molar-refractivity contribution in [2.45, 2.75) is 277 Å². The molecule has 72 heavy (non-hydrogen) atoms. The van der Waals surface area contributed by atoms with Gasteiger partial charge in [0.1, 0.15) is 13.2 Å². The van der Waals surface area contributed by atoms with Crippen LogP contribution in [-0.4, -0.2) is 87.4 Å². The second-order valence-electron chi connectivity index (χ2n) is 21.3. The summed E-state index contributed by atoms with van der Waals surface area (Å²) < 4.78 is 22.8. The van der Waals surface area contributed by atoms with Crippen LogP contribution in [0, 0.1) is 0 Å². The standard InChI is InChI=1S/C63H113NO8/c1-6-8-10-12-14-16-18-20-22-23-24-25-26-27-28-29-30-31-32-33-34-35-36-37-38-39-40-42-44-46-48-50-52-54-61(66)72-59(58-71-63(62(67)68)69-56-55-64(3,4)5)57-70-60(65)53-51-49-47-45-43-41-21-19-17-15-13-11-9-7-2/h13,15,18-21,23-24,26-27,59,63H,6-12,14,16-17,22,25,28-58H2,1-5H3/p+1/b15-13-,20-18-,21-19-,24-23-,27-26-. The van der Waals surface area contributed by atoms with Crippen molar-refractivity contribution in [3.63, 3.8) is 0 Å². The third-order valence-electron chi connectivity index (χ3n) is 13.0. The number of allylic oxidation sites excluding steroid dienone is 10. The first kappa shape index (κ1) is 69.0. The quantitative estimate of drug-likeness (QED) is 0.0211. The molecule has 0 heterocycles. The summed E-state index contributed by atoms with van der Waals surface area (Å²) in [7, 11) is 5.96. The van der Waals surface area contributed by atoms with E-state index in [4.69, 9.17) is 18.9 Å². The molecule has 0 spiro atoms. The predicted octanol–water partition coefficient (Wildman–Crippen LogP) is 17.6. The molecule has 1 N–H and O–H groups in total. The number of carboxylic acid groups (broad SMARTS) is 1. The number of likely N-dealkylation sites (N-methyl/N-ethyl adjacent to an activating group) is 1. The Morgan fingerprint density at radius 2 is 0.764 bits per heavy atom. The average Bonchev–Trinajstić information content (AvgIpc) is 3.35. The monoisotopic (exact) mass is 1010 g/mol. The van der Waals surface area contributed by atoms with Crippen LogP contribution in [0.5, 0.6) is 0 Å². The van der Waals surface area contributed by atoms with Gasteiger partial charge in [-0.05, 0) is 77.0 Å². The summed E-state index contributed by atoms with van der Waals surface area (Å²) in [6, 6.07) is 0. The Hall–Kier alpha value is -3.01. The van der Waals surface area contributed by atoms with Gasteiger partial charge in [-0.25, -0.2) is 4.79 Å². The van der Waals surface area contributed by atoms with Gasteiger partial charge in [-0.1, -0.05) is 235 Å². The number of esters is 2. The number of hydrogen-bond acceptors (Lipinski definition) is 7. The molecular formula is C63H114NO8+. The van der Waals surface area contributed by atoms with Gasteiger partial charge in [-0.2, -0.15) is 0 Å². The summed E-state index contributed by atoms with van der Waals surface area (Å²) in [6.07, 6.45) is 66.0. The molecule has 0 aliphatic carbocycles. The second kappa shape index (κ2) is 54.3. The van der Waals surface area contributed by atoms with Gasteiger partial charge in [-0.3, -0.25) is 9.59 Å². The minimum atomic E-state index is -1.51. The lowest BCUT2D eigenvalue weighted by molar-refractivity contribution is -0.870. The van der Waals surface area contributed by atoms with E-state index in [1.165, 1.54) is 161 Å². The molecule has 0 aromatic heterocycles. The number of hydrogen-bond donors (Lipinski definition) is 1. The van der Waals surface area contributed by atoms with Crippen molar-refractivity contribution < 1.29 is 42.9 Å². The van der Waals surface area contributed by atoms with Crippen LogP contribution in [0.1, 0.15) is 264 Å². The molecule has 2 unspecified atom stereocenters. The molecule has 0 bridgehead atoms. The molecule has 418 valence electrons. The minimum Gasteiger partial charge on any atom is -0.477 e. The first-order valence-corrected chi connectivity index (χ1v) is 30.0. The normalized spacial score (nSPS) is 13.2. The lowest BCUT2D eigenvalue weighted by atomic mass is 10.0. The van der Waals surface area contributed by atoms with E-state index >= 15 is 0 Å². The summed E-state index contributed by atoms with van der Waals surface area (Å²) in [5.74, 6) is -2.02. The zero-order valence-corrected chi connectivity index (χ0v) is 47.6. The summed E-state index contributed by atoms with van der Waals surface area (Å²) >= 11 is 0. The van der Waals surface area contributed by atoms with Crippen LogP contribution in [0.4, 0.5) is 0 Å². The van der Waals surface area contributed by atoms with Gasteiger partial charge >= 0.3 is 17.9 Å². The zero-order valence-electron chi connectivity index (χ0n) is 47.6. The van der Waals surface area contributed by atoms with Crippen LogP contribution < -0.4 is 0 Å². The third kappa shape index (κ3) is 54.8. The molecule has 0 saturated carbocycles. The Kier molecular flexibility index (Phi) is 52.0. The van der Waals surface area contributed by atoms with E-state index in [0.29, 0.717) is 11.0 Å². The SMILES string of the molecule is CCCC/C=C\C/C=C\CCCCCCCC(=O)OCC(COC(OCC[N+](C)(C)C)C(=O)O)OC(=O)CCCCCCCCCCCCCCCCCCCC/C=C\C/C=C\C/C=C\CCCCCCC. The molecule has 0 aliphatic rings. The number of rotatable bonds is 55. The second-order valence-corrected chi connectivity index (χ2v) is 21.3. The Morgan fingerprint density at radius 1 is 0.417 bits per heavy atom. The first-order chi connectivity index (χ1) is 35.1. The minimum absolute atomic E-state index is 0.185. The van der Waals surface area contributed by atoms with E-state index in [2.05, 4.69) is 74.6 Å².